The number of nitrogens with one attached hydrogen (secondary N) is 2. The number of rotatable bonds is 6. The highest BCUT2D eigenvalue weighted by Gasteiger charge is 2.41. The van der Waals surface area contributed by atoms with Crippen LogP contribution in [-0.4, -0.2) is 54.8 Å². The Morgan fingerprint density at radius 2 is 2.04 bits per heavy atom. The first-order valence-electron chi connectivity index (χ1n) is 10.7. The second kappa shape index (κ2) is 10.3. The Balaban J connectivity index is 0.00000225. The number of halogens is 1. The van der Waals surface area contributed by atoms with Gasteiger partial charge >= 0.3 is 0 Å². The molecule has 5 unspecified atom stereocenters. The van der Waals surface area contributed by atoms with E-state index in [2.05, 4.69) is 59.7 Å². The lowest BCUT2D eigenvalue weighted by Crippen LogP contribution is -2.47. The minimum absolute atomic E-state index is 0. The molecule has 0 spiro atoms. The van der Waals surface area contributed by atoms with Crippen molar-refractivity contribution in [2.24, 2.45) is 10.9 Å². The number of fused-ring (bicyclic) bond motifs is 2. The van der Waals surface area contributed by atoms with E-state index >= 15 is 0 Å². The lowest BCUT2D eigenvalue weighted by Gasteiger charge is -2.23. The topological polar surface area (TPSA) is 48.9 Å². The van der Waals surface area contributed by atoms with Crippen LogP contribution in [0.2, 0.25) is 0 Å². The summed E-state index contributed by atoms with van der Waals surface area (Å²) in [5.41, 5.74) is 1.40. The lowest BCUT2D eigenvalue weighted by atomic mass is 9.96. The van der Waals surface area contributed by atoms with E-state index in [-0.39, 0.29) is 24.0 Å². The van der Waals surface area contributed by atoms with Crippen molar-refractivity contribution in [3.05, 3.63) is 35.9 Å². The average Bonchev–Trinajstić information content (AvgIpc) is 3.37. The van der Waals surface area contributed by atoms with Crippen LogP contribution >= 0.6 is 24.0 Å². The molecule has 3 heterocycles. The average molecular weight is 498 g/mol. The number of likely N-dealkylation sites (tertiary alicyclic amines) is 1. The molecule has 5 nitrogen and oxygen atoms in total. The van der Waals surface area contributed by atoms with Crippen LogP contribution in [0.1, 0.15) is 45.1 Å². The van der Waals surface area contributed by atoms with Crippen molar-refractivity contribution in [1.82, 2.24) is 15.5 Å². The molecule has 156 valence electrons. The van der Waals surface area contributed by atoms with E-state index in [1.54, 1.807) is 0 Å². The first kappa shape index (κ1) is 21.8. The van der Waals surface area contributed by atoms with Crippen molar-refractivity contribution < 1.29 is 4.74 Å². The zero-order chi connectivity index (χ0) is 18.6. The minimum Gasteiger partial charge on any atom is -0.373 e. The number of ether oxygens (including phenoxy) is 1. The zero-order valence-corrected chi connectivity index (χ0v) is 19.5. The van der Waals surface area contributed by atoms with Gasteiger partial charge in [0.05, 0.1) is 18.2 Å². The highest BCUT2D eigenvalue weighted by atomic mass is 127. The molecule has 1 aromatic rings. The summed E-state index contributed by atoms with van der Waals surface area (Å²) >= 11 is 0. The molecular weight excluding hydrogens is 463 g/mol. The Morgan fingerprint density at radius 3 is 2.71 bits per heavy atom. The molecule has 3 fully saturated rings. The number of nitrogens with zero attached hydrogens (tertiary/aromatic N) is 2. The van der Waals surface area contributed by atoms with Gasteiger partial charge in [0.2, 0.25) is 0 Å². The maximum absolute atomic E-state index is 5.97. The molecule has 5 atom stereocenters. The fourth-order valence-electron chi connectivity index (χ4n) is 4.89. The molecule has 4 rings (SSSR count). The molecule has 1 aromatic carbocycles. The number of hydrogen-bond donors (Lipinski definition) is 2. The van der Waals surface area contributed by atoms with Gasteiger partial charge in [0.15, 0.2) is 5.96 Å². The van der Waals surface area contributed by atoms with E-state index < -0.39 is 0 Å². The van der Waals surface area contributed by atoms with E-state index in [1.807, 2.05) is 0 Å². The van der Waals surface area contributed by atoms with Gasteiger partial charge in [-0.05, 0) is 51.0 Å². The van der Waals surface area contributed by atoms with Crippen LogP contribution in [0.3, 0.4) is 0 Å². The molecule has 3 saturated heterocycles. The summed E-state index contributed by atoms with van der Waals surface area (Å²) in [4.78, 5) is 7.53. The van der Waals surface area contributed by atoms with Crippen LogP contribution < -0.4 is 10.6 Å². The SMILES string of the molecule is CCNC(=NCC1CC(C)N(Cc2ccccc2)C1)NC1CC2CCC1O2.I. The van der Waals surface area contributed by atoms with E-state index in [1.165, 1.54) is 24.8 Å². The molecule has 0 radical (unpaired) electrons. The molecule has 0 amide bonds. The number of aliphatic imine (C=N–C) groups is 1. The van der Waals surface area contributed by atoms with Crippen LogP contribution in [0.4, 0.5) is 0 Å². The summed E-state index contributed by atoms with van der Waals surface area (Å²) in [6.45, 7) is 8.46. The van der Waals surface area contributed by atoms with Gasteiger partial charge in [0, 0.05) is 32.2 Å². The van der Waals surface area contributed by atoms with Gasteiger partial charge in [-0.25, -0.2) is 0 Å². The first-order chi connectivity index (χ1) is 13.2. The van der Waals surface area contributed by atoms with Crippen LogP contribution in [0.15, 0.2) is 35.3 Å². The van der Waals surface area contributed by atoms with E-state index in [4.69, 9.17) is 9.73 Å². The van der Waals surface area contributed by atoms with Gasteiger partial charge in [-0.3, -0.25) is 9.89 Å². The molecule has 28 heavy (non-hydrogen) atoms. The molecule has 0 aromatic heterocycles. The van der Waals surface area contributed by atoms with Crippen molar-refractivity contribution in [3.63, 3.8) is 0 Å². The van der Waals surface area contributed by atoms with Crippen molar-refractivity contribution in [2.45, 2.75) is 70.4 Å². The number of benzene rings is 1. The predicted octanol–water partition coefficient (Wildman–Crippen LogP) is 3.39. The molecule has 2 N–H and O–H groups in total. The number of guanidine groups is 1. The Kier molecular flexibility index (Phi) is 8.00. The van der Waals surface area contributed by atoms with E-state index in [0.717, 1.165) is 38.6 Å². The summed E-state index contributed by atoms with van der Waals surface area (Å²) < 4.78 is 5.97. The highest BCUT2D eigenvalue weighted by Crippen LogP contribution is 2.34. The molecular formula is C22H35IN4O. The summed E-state index contributed by atoms with van der Waals surface area (Å²) in [5, 5.41) is 7.06. The van der Waals surface area contributed by atoms with Crippen molar-refractivity contribution in [2.75, 3.05) is 19.6 Å². The normalized spacial score (nSPS) is 32.4. The lowest BCUT2D eigenvalue weighted by molar-refractivity contribution is 0.0992. The van der Waals surface area contributed by atoms with Crippen molar-refractivity contribution in [1.29, 1.82) is 0 Å². The van der Waals surface area contributed by atoms with Gasteiger partial charge < -0.3 is 15.4 Å². The van der Waals surface area contributed by atoms with Crippen molar-refractivity contribution >= 4 is 29.9 Å². The predicted molar refractivity (Wildman–Crippen MR) is 125 cm³/mol. The van der Waals surface area contributed by atoms with Gasteiger partial charge in [-0.2, -0.15) is 0 Å². The second-order valence-electron chi connectivity index (χ2n) is 8.45. The zero-order valence-electron chi connectivity index (χ0n) is 17.1. The van der Waals surface area contributed by atoms with Crippen LogP contribution in [-0.2, 0) is 11.3 Å². The standard InChI is InChI=1S/C22H34N4O.HI/c1-3-23-22(25-20-12-19-9-10-21(20)27-19)24-13-18-11-16(2)26(15-18)14-17-7-5-4-6-8-17;/h4-8,16,18-21H,3,9-15H2,1-2H3,(H2,23,24,25);1H. The summed E-state index contributed by atoms with van der Waals surface area (Å²) in [6, 6.07) is 11.9. The molecule has 3 aliphatic heterocycles. The largest absolute Gasteiger partial charge is 0.373 e. The smallest absolute Gasteiger partial charge is 0.191 e. The molecule has 3 aliphatic rings. The minimum atomic E-state index is 0. The highest BCUT2D eigenvalue weighted by molar-refractivity contribution is 14.0. The Hall–Kier alpha value is -0.860. The quantitative estimate of drug-likeness (QED) is 0.359. The maximum atomic E-state index is 5.97. The van der Waals surface area contributed by atoms with Crippen LogP contribution in [0, 0.1) is 5.92 Å². The van der Waals surface area contributed by atoms with Gasteiger partial charge in [-0.1, -0.05) is 30.3 Å². The Bertz CT molecular complexity index is 641. The van der Waals surface area contributed by atoms with E-state index in [0.29, 0.717) is 30.2 Å². The summed E-state index contributed by atoms with van der Waals surface area (Å²) in [5.74, 6) is 1.60. The Labute approximate surface area is 186 Å². The third kappa shape index (κ3) is 5.39. The molecule has 0 saturated carbocycles. The second-order valence-corrected chi connectivity index (χ2v) is 8.45. The van der Waals surface area contributed by atoms with E-state index in [9.17, 15) is 0 Å². The third-order valence-electron chi connectivity index (χ3n) is 6.30. The summed E-state index contributed by atoms with van der Waals surface area (Å²) in [7, 11) is 0. The van der Waals surface area contributed by atoms with Gasteiger partial charge in [-0.15, -0.1) is 24.0 Å². The van der Waals surface area contributed by atoms with Gasteiger partial charge in [0.1, 0.15) is 0 Å². The third-order valence-corrected chi connectivity index (χ3v) is 6.30. The monoisotopic (exact) mass is 498 g/mol. The Morgan fingerprint density at radius 1 is 1.21 bits per heavy atom. The molecule has 2 bridgehead atoms. The van der Waals surface area contributed by atoms with Crippen LogP contribution in [0.5, 0.6) is 0 Å². The molecule has 6 heteroatoms. The number of hydrogen-bond acceptors (Lipinski definition) is 3. The van der Waals surface area contributed by atoms with Gasteiger partial charge in [0.25, 0.3) is 0 Å². The fourth-order valence-corrected chi connectivity index (χ4v) is 4.89. The maximum Gasteiger partial charge on any atom is 0.191 e. The molecule has 0 aliphatic carbocycles. The van der Waals surface area contributed by atoms with Crippen molar-refractivity contribution in [3.8, 4) is 0 Å². The fraction of sp³-hybridized carbons (Fsp3) is 0.682. The van der Waals surface area contributed by atoms with Crippen LogP contribution in [0.25, 0.3) is 0 Å². The summed E-state index contributed by atoms with van der Waals surface area (Å²) in [6.07, 6.45) is 5.63. The first-order valence-corrected chi connectivity index (χ1v) is 10.7.